The average Bonchev–Trinajstić information content (AvgIpc) is 2.79. The van der Waals surface area contributed by atoms with E-state index in [2.05, 4.69) is 0 Å². The van der Waals surface area contributed by atoms with E-state index in [-0.39, 0.29) is 72.0 Å². The summed E-state index contributed by atoms with van der Waals surface area (Å²) in [5.74, 6) is -4.47. The Balaban J connectivity index is 3.40. The summed E-state index contributed by atoms with van der Waals surface area (Å²) in [5.41, 5.74) is 17.2. The minimum atomic E-state index is -1.15. The second-order valence-corrected chi connectivity index (χ2v) is 8.68. The number of hydrogen-bond donors (Lipinski definition) is 7. The number of carboxylic acid groups (broad SMARTS) is 4. The van der Waals surface area contributed by atoms with Gasteiger partial charge in [-0.15, -0.1) is 0 Å². The molecule has 1 heterocycles. The van der Waals surface area contributed by atoms with Crippen LogP contribution in [0.1, 0.15) is 13.3 Å². The third-order valence-corrected chi connectivity index (χ3v) is 6.66. The van der Waals surface area contributed by atoms with E-state index in [0.717, 1.165) is 0 Å². The number of hydrogen-bond acceptors (Lipinski definition) is 11. The molecule has 0 aliphatic carbocycles. The first kappa shape index (κ1) is 31.6. The van der Waals surface area contributed by atoms with E-state index in [4.69, 9.17) is 17.2 Å². The van der Waals surface area contributed by atoms with Crippen molar-refractivity contribution >= 4 is 23.9 Å². The Kier molecular flexibility index (Phi) is 13.8. The van der Waals surface area contributed by atoms with Crippen LogP contribution in [0.4, 0.5) is 0 Å². The highest BCUT2D eigenvalue weighted by molar-refractivity contribution is 5.75. The van der Waals surface area contributed by atoms with Crippen molar-refractivity contribution in [3.8, 4) is 0 Å². The highest BCUT2D eigenvalue weighted by atomic mass is 16.4. The summed E-state index contributed by atoms with van der Waals surface area (Å²) in [6.07, 6.45) is 0.290. The van der Waals surface area contributed by atoms with Crippen molar-refractivity contribution in [2.45, 2.75) is 37.5 Å². The molecule has 10 N–H and O–H groups in total. The Hall–Kier alpha value is -2.40. The predicted octanol–water partition coefficient (Wildman–Crippen LogP) is -3.69. The topological polar surface area (TPSA) is 240 Å². The van der Waals surface area contributed by atoms with Gasteiger partial charge in [0, 0.05) is 72.0 Å². The van der Waals surface area contributed by atoms with E-state index >= 15 is 0 Å². The second-order valence-electron chi connectivity index (χ2n) is 8.68. The fraction of sp³-hybridized carbons (Fsp3) is 0.810. The molecule has 15 nitrogen and oxygen atoms in total. The number of carbonyl (C=O) groups is 4. The molecule has 0 bridgehead atoms. The van der Waals surface area contributed by atoms with Crippen LogP contribution in [-0.4, -0.2) is 160 Å². The molecule has 4 atom stereocenters. The zero-order chi connectivity index (χ0) is 27.4. The van der Waals surface area contributed by atoms with Crippen LogP contribution in [0.2, 0.25) is 0 Å². The van der Waals surface area contributed by atoms with Crippen LogP contribution in [-0.2, 0) is 19.2 Å². The molecule has 208 valence electrons. The van der Waals surface area contributed by atoms with Gasteiger partial charge in [0.1, 0.15) is 24.2 Å². The van der Waals surface area contributed by atoms with Gasteiger partial charge in [0.2, 0.25) is 0 Å². The van der Waals surface area contributed by atoms with Crippen LogP contribution >= 0.6 is 0 Å². The fourth-order valence-electron chi connectivity index (χ4n) is 4.53. The molecule has 1 saturated heterocycles. The lowest BCUT2D eigenvalue weighted by Crippen LogP contribution is -2.58. The molecule has 1 aliphatic rings. The van der Waals surface area contributed by atoms with Crippen molar-refractivity contribution in [1.82, 2.24) is 19.6 Å². The Bertz CT molecular complexity index is 607. The van der Waals surface area contributed by atoms with E-state index in [1.54, 1.807) is 26.5 Å². The Morgan fingerprint density at radius 2 is 0.722 bits per heavy atom. The molecule has 1 aliphatic heterocycles. The molecular formula is C21H41N7O8. The van der Waals surface area contributed by atoms with Crippen molar-refractivity contribution in [3.05, 3.63) is 0 Å². The quantitative estimate of drug-likeness (QED) is 0.131. The molecule has 36 heavy (non-hydrogen) atoms. The minimum absolute atomic E-state index is 0.127. The van der Waals surface area contributed by atoms with Crippen molar-refractivity contribution in [3.63, 3.8) is 0 Å². The van der Waals surface area contributed by atoms with Crippen LogP contribution in [0, 0.1) is 0 Å². The lowest BCUT2D eigenvalue weighted by molar-refractivity contribution is -0.147. The van der Waals surface area contributed by atoms with E-state index < -0.39 is 48.0 Å². The van der Waals surface area contributed by atoms with Crippen LogP contribution in [0.3, 0.4) is 0 Å². The monoisotopic (exact) mass is 519 g/mol. The van der Waals surface area contributed by atoms with Gasteiger partial charge in [0.15, 0.2) is 0 Å². The summed E-state index contributed by atoms with van der Waals surface area (Å²) in [4.78, 5) is 53.9. The molecule has 1 rings (SSSR count). The van der Waals surface area contributed by atoms with Gasteiger partial charge in [-0.05, 0) is 6.42 Å². The lowest BCUT2D eigenvalue weighted by atomic mass is 10.1. The Morgan fingerprint density at radius 3 is 0.861 bits per heavy atom. The normalized spacial score (nSPS) is 21.4. The largest absolute Gasteiger partial charge is 0.480 e. The predicted molar refractivity (Wildman–Crippen MR) is 129 cm³/mol. The summed E-state index contributed by atoms with van der Waals surface area (Å²) in [5, 5.41) is 38.8. The van der Waals surface area contributed by atoms with Gasteiger partial charge in [-0.2, -0.15) is 0 Å². The molecule has 0 aromatic carbocycles. The average molecular weight is 520 g/mol. The summed E-state index contributed by atoms with van der Waals surface area (Å²) in [7, 11) is 0. The molecule has 0 radical (unpaired) electrons. The molecule has 0 aromatic rings. The fourth-order valence-corrected chi connectivity index (χ4v) is 4.53. The standard InChI is InChI=1S/C21H41N7O8/c1-2-14(18(29)30)25-3-5-26(15(11-22)19(31)32)7-9-28(17(13-24)21(35)36)10-8-27(6-4-25)16(12-23)20(33)34/h14-17H,2-13,22-24H2,1H3,(H,29,30)(H,31,32)(H,33,34)(H,35,36). The molecule has 15 heteroatoms. The first-order chi connectivity index (χ1) is 17.0. The third-order valence-electron chi connectivity index (χ3n) is 6.66. The number of rotatable bonds is 12. The van der Waals surface area contributed by atoms with Crippen molar-refractivity contribution in [2.24, 2.45) is 17.2 Å². The van der Waals surface area contributed by atoms with Gasteiger partial charge in [0.05, 0.1) is 0 Å². The molecule has 0 amide bonds. The van der Waals surface area contributed by atoms with E-state index in [9.17, 15) is 39.6 Å². The highest BCUT2D eigenvalue weighted by Crippen LogP contribution is 2.12. The number of nitrogens with zero attached hydrogens (tertiary/aromatic N) is 4. The Labute approximate surface area is 210 Å². The van der Waals surface area contributed by atoms with Gasteiger partial charge >= 0.3 is 23.9 Å². The van der Waals surface area contributed by atoms with Gasteiger partial charge < -0.3 is 37.6 Å². The van der Waals surface area contributed by atoms with Crippen molar-refractivity contribution in [1.29, 1.82) is 0 Å². The van der Waals surface area contributed by atoms with Gasteiger partial charge in [-0.25, -0.2) is 0 Å². The number of carboxylic acids is 4. The van der Waals surface area contributed by atoms with Gasteiger partial charge in [-0.1, -0.05) is 6.92 Å². The maximum atomic E-state index is 11.9. The second kappa shape index (κ2) is 15.7. The van der Waals surface area contributed by atoms with Crippen LogP contribution < -0.4 is 17.2 Å². The molecule has 0 saturated carbocycles. The minimum Gasteiger partial charge on any atom is -0.480 e. The summed E-state index contributed by atoms with van der Waals surface area (Å²) >= 11 is 0. The van der Waals surface area contributed by atoms with Crippen LogP contribution in [0.25, 0.3) is 0 Å². The number of aliphatic carboxylic acids is 4. The summed E-state index contributed by atoms with van der Waals surface area (Å²) in [6, 6.07) is -4.02. The zero-order valence-electron chi connectivity index (χ0n) is 20.7. The van der Waals surface area contributed by atoms with Gasteiger partial charge in [-0.3, -0.25) is 38.8 Å². The first-order valence-electron chi connectivity index (χ1n) is 12.0. The third kappa shape index (κ3) is 8.92. The Morgan fingerprint density at radius 1 is 0.528 bits per heavy atom. The molecule has 4 unspecified atom stereocenters. The number of nitrogens with two attached hydrogens (primary N) is 3. The van der Waals surface area contributed by atoms with Crippen LogP contribution in [0.5, 0.6) is 0 Å². The van der Waals surface area contributed by atoms with E-state index in [1.165, 1.54) is 0 Å². The molecule has 0 spiro atoms. The zero-order valence-corrected chi connectivity index (χ0v) is 20.7. The highest BCUT2D eigenvalue weighted by Gasteiger charge is 2.33. The smallest absolute Gasteiger partial charge is 0.322 e. The molecule has 0 aromatic heterocycles. The van der Waals surface area contributed by atoms with E-state index in [1.807, 2.05) is 0 Å². The molecule has 1 fully saturated rings. The van der Waals surface area contributed by atoms with E-state index in [0.29, 0.717) is 6.42 Å². The summed E-state index contributed by atoms with van der Waals surface area (Å²) < 4.78 is 0. The van der Waals surface area contributed by atoms with Crippen molar-refractivity contribution in [2.75, 3.05) is 72.0 Å². The lowest BCUT2D eigenvalue weighted by Gasteiger charge is -2.39. The first-order valence-corrected chi connectivity index (χ1v) is 12.0. The van der Waals surface area contributed by atoms with Crippen molar-refractivity contribution < 1.29 is 39.6 Å². The summed E-state index contributed by atoms with van der Waals surface area (Å²) in [6.45, 7) is 2.36. The SMILES string of the molecule is CCC(C(=O)O)N1CCN(C(CN)C(=O)O)CCN(C(CN)C(=O)O)CCN(C(CN)C(=O)O)CC1. The molecular weight excluding hydrogens is 478 g/mol. The maximum Gasteiger partial charge on any atom is 0.322 e. The maximum absolute atomic E-state index is 11.9. The van der Waals surface area contributed by atoms with Gasteiger partial charge in [0.25, 0.3) is 0 Å². The van der Waals surface area contributed by atoms with Crippen LogP contribution in [0.15, 0.2) is 0 Å².